The van der Waals surface area contributed by atoms with E-state index in [0.29, 0.717) is 5.56 Å². The Bertz CT molecular complexity index is 933. The fourth-order valence-corrected chi connectivity index (χ4v) is 3.40. The minimum Gasteiger partial charge on any atom is -0.354 e. The maximum absolute atomic E-state index is 12.4. The van der Waals surface area contributed by atoms with Gasteiger partial charge in [0.15, 0.2) is 0 Å². The van der Waals surface area contributed by atoms with Gasteiger partial charge in [0.1, 0.15) is 5.82 Å². The number of hydrogen-bond donors (Lipinski definition) is 1. The third-order valence-corrected chi connectivity index (χ3v) is 5.13. The van der Waals surface area contributed by atoms with E-state index in [1.165, 1.54) is 0 Å². The van der Waals surface area contributed by atoms with Crippen LogP contribution in [0, 0.1) is 6.92 Å². The Kier molecular flexibility index (Phi) is 5.81. The van der Waals surface area contributed by atoms with E-state index in [2.05, 4.69) is 31.2 Å². The predicted octanol–water partition coefficient (Wildman–Crippen LogP) is 3.36. The monoisotopic (exact) mass is 387 g/mol. The third kappa shape index (κ3) is 4.97. The number of anilines is 2. The Balaban J connectivity index is 1.31. The van der Waals surface area contributed by atoms with E-state index in [1.807, 2.05) is 61.7 Å². The van der Waals surface area contributed by atoms with Gasteiger partial charge in [-0.1, -0.05) is 23.8 Å². The summed E-state index contributed by atoms with van der Waals surface area (Å²) in [6.45, 7) is 6.65. The normalized spacial score (nSPS) is 14.6. The molecule has 29 heavy (non-hydrogen) atoms. The number of aromatic nitrogens is 2. The van der Waals surface area contributed by atoms with E-state index < -0.39 is 0 Å². The van der Waals surface area contributed by atoms with Crippen LogP contribution in [0.1, 0.15) is 21.6 Å². The Labute approximate surface area is 171 Å². The molecule has 1 fully saturated rings. The van der Waals surface area contributed by atoms with Crippen molar-refractivity contribution in [3.05, 3.63) is 83.8 Å². The summed E-state index contributed by atoms with van der Waals surface area (Å²) in [6.07, 6.45) is 3.49. The molecule has 6 nitrogen and oxygen atoms in total. The molecule has 1 aromatic carbocycles. The highest BCUT2D eigenvalue weighted by atomic mass is 16.1. The number of carbonyl (C=O) groups is 1. The number of piperazine rings is 1. The number of rotatable bonds is 5. The molecule has 0 aliphatic carbocycles. The topological polar surface area (TPSA) is 61.4 Å². The van der Waals surface area contributed by atoms with Crippen LogP contribution in [0.25, 0.3) is 0 Å². The maximum Gasteiger partial charge on any atom is 0.257 e. The first kappa shape index (κ1) is 19.1. The smallest absolute Gasteiger partial charge is 0.257 e. The highest BCUT2D eigenvalue weighted by Crippen LogP contribution is 2.16. The molecule has 1 aliphatic heterocycles. The molecule has 1 saturated heterocycles. The van der Waals surface area contributed by atoms with Crippen molar-refractivity contribution in [3.63, 3.8) is 0 Å². The van der Waals surface area contributed by atoms with Gasteiger partial charge in [0, 0.05) is 50.8 Å². The molecule has 0 spiro atoms. The van der Waals surface area contributed by atoms with Crippen LogP contribution in [0.4, 0.5) is 11.5 Å². The average molecular weight is 387 g/mol. The van der Waals surface area contributed by atoms with Crippen LogP contribution in [0.3, 0.4) is 0 Å². The van der Waals surface area contributed by atoms with Gasteiger partial charge >= 0.3 is 0 Å². The van der Waals surface area contributed by atoms with E-state index in [4.69, 9.17) is 0 Å². The van der Waals surface area contributed by atoms with Gasteiger partial charge in [-0.2, -0.15) is 0 Å². The van der Waals surface area contributed by atoms with Crippen LogP contribution in [0.5, 0.6) is 0 Å². The number of benzene rings is 1. The molecular formula is C23H25N5O. The second kappa shape index (κ2) is 8.84. The van der Waals surface area contributed by atoms with Crippen LogP contribution in [-0.4, -0.2) is 47.0 Å². The van der Waals surface area contributed by atoms with E-state index >= 15 is 0 Å². The minimum absolute atomic E-state index is 0.145. The molecule has 0 atom stereocenters. The summed E-state index contributed by atoms with van der Waals surface area (Å²) >= 11 is 0. The quantitative estimate of drug-likeness (QED) is 0.727. The number of nitrogens with zero attached hydrogens (tertiary/aromatic N) is 4. The van der Waals surface area contributed by atoms with Crippen molar-refractivity contribution in [1.29, 1.82) is 0 Å². The van der Waals surface area contributed by atoms with Gasteiger partial charge in [-0.3, -0.25) is 14.7 Å². The summed E-state index contributed by atoms with van der Waals surface area (Å²) in [6, 6.07) is 17.6. The van der Waals surface area contributed by atoms with Gasteiger partial charge in [0.05, 0.1) is 11.3 Å². The zero-order chi connectivity index (χ0) is 20.1. The van der Waals surface area contributed by atoms with Gasteiger partial charge in [0.2, 0.25) is 0 Å². The standard InChI is InChI=1S/C23H25N5O/c1-18-5-8-20(9-6-18)26-23(29)19-7-10-22(25-16-19)28-14-12-27(13-15-28)17-21-4-2-3-11-24-21/h2-11,16H,12-15,17H2,1H3,(H,26,29). The highest BCUT2D eigenvalue weighted by Gasteiger charge is 2.18. The second-order valence-corrected chi connectivity index (χ2v) is 7.31. The molecule has 3 heterocycles. The van der Waals surface area contributed by atoms with Crippen molar-refractivity contribution in [2.45, 2.75) is 13.5 Å². The second-order valence-electron chi connectivity index (χ2n) is 7.31. The number of pyridine rings is 2. The number of nitrogens with one attached hydrogen (secondary N) is 1. The van der Waals surface area contributed by atoms with Crippen molar-refractivity contribution < 1.29 is 4.79 Å². The van der Waals surface area contributed by atoms with E-state index in [9.17, 15) is 4.79 Å². The van der Waals surface area contributed by atoms with Crippen LogP contribution >= 0.6 is 0 Å². The minimum atomic E-state index is -0.145. The van der Waals surface area contributed by atoms with Crippen molar-refractivity contribution in [2.75, 3.05) is 36.4 Å². The third-order valence-electron chi connectivity index (χ3n) is 5.13. The lowest BCUT2D eigenvalue weighted by Gasteiger charge is -2.35. The molecule has 0 radical (unpaired) electrons. The Morgan fingerprint density at radius 2 is 1.76 bits per heavy atom. The Morgan fingerprint density at radius 3 is 2.41 bits per heavy atom. The van der Waals surface area contributed by atoms with Crippen LogP contribution < -0.4 is 10.2 Å². The van der Waals surface area contributed by atoms with Crippen LogP contribution in [0.15, 0.2) is 67.0 Å². The molecule has 1 N–H and O–H groups in total. The molecule has 4 rings (SSSR count). The maximum atomic E-state index is 12.4. The van der Waals surface area contributed by atoms with Gasteiger partial charge in [-0.05, 0) is 43.3 Å². The molecule has 1 aliphatic rings. The van der Waals surface area contributed by atoms with Crippen LogP contribution in [0.2, 0.25) is 0 Å². The molecule has 2 aromatic heterocycles. The summed E-state index contributed by atoms with van der Waals surface area (Å²) in [7, 11) is 0. The predicted molar refractivity (Wildman–Crippen MR) is 115 cm³/mol. The molecular weight excluding hydrogens is 362 g/mol. The van der Waals surface area contributed by atoms with Gasteiger partial charge in [-0.25, -0.2) is 4.98 Å². The average Bonchev–Trinajstić information content (AvgIpc) is 2.77. The lowest BCUT2D eigenvalue weighted by molar-refractivity contribution is 0.102. The number of hydrogen-bond acceptors (Lipinski definition) is 5. The van der Waals surface area contributed by atoms with Crippen molar-refractivity contribution in [1.82, 2.24) is 14.9 Å². The number of carbonyl (C=O) groups excluding carboxylic acids is 1. The summed E-state index contributed by atoms with van der Waals surface area (Å²) < 4.78 is 0. The molecule has 1 amide bonds. The molecule has 6 heteroatoms. The summed E-state index contributed by atoms with van der Waals surface area (Å²) in [5.41, 5.74) is 3.61. The van der Waals surface area contributed by atoms with Crippen molar-refractivity contribution in [3.8, 4) is 0 Å². The molecule has 3 aromatic rings. The highest BCUT2D eigenvalue weighted by molar-refractivity contribution is 6.04. The van der Waals surface area contributed by atoms with Gasteiger partial charge in [-0.15, -0.1) is 0 Å². The number of amides is 1. The van der Waals surface area contributed by atoms with Gasteiger partial charge < -0.3 is 10.2 Å². The van der Waals surface area contributed by atoms with E-state index in [1.54, 1.807) is 6.20 Å². The largest absolute Gasteiger partial charge is 0.354 e. The first-order valence-corrected chi connectivity index (χ1v) is 9.89. The molecule has 0 unspecified atom stereocenters. The van der Waals surface area contributed by atoms with E-state index in [-0.39, 0.29) is 5.91 Å². The lowest BCUT2D eigenvalue weighted by Crippen LogP contribution is -2.46. The zero-order valence-electron chi connectivity index (χ0n) is 16.6. The Morgan fingerprint density at radius 1 is 0.966 bits per heavy atom. The fraction of sp³-hybridized carbons (Fsp3) is 0.261. The molecule has 0 bridgehead atoms. The first-order valence-electron chi connectivity index (χ1n) is 9.89. The summed E-state index contributed by atoms with van der Waals surface area (Å²) in [5, 5.41) is 2.91. The Hall–Kier alpha value is -3.25. The lowest BCUT2D eigenvalue weighted by atomic mass is 10.2. The van der Waals surface area contributed by atoms with Crippen molar-refractivity contribution in [2.24, 2.45) is 0 Å². The van der Waals surface area contributed by atoms with Crippen molar-refractivity contribution >= 4 is 17.4 Å². The van der Waals surface area contributed by atoms with E-state index in [0.717, 1.165) is 55.5 Å². The molecule has 0 saturated carbocycles. The SMILES string of the molecule is Cc1ccc(NC(=O)c2ccc(N3CCN(Cc4ccccn4)CC3)nc2)cc1. The first-order chi connectivity index (χ1) is 14.2. The summed E-state index contributed by atoms with van der Waals surface area (Å²) in [4.78, 5) is 26.0. The fourth-order valence-electron chi connectivity index (χ4n) is 3.40. The van der Waals surface area contributed by atoms with Gasteiger partial charge in [0.25, 0.3) is 5.91 Å². The number of aryl methyl sites for hydroxylation is 1. The molecule has 148 valence electrons. The van der Waals surface area contributed by atoms with Crippen LogP contribution in [-0.2, 0) is 6.54 Å². The zero-order valence-corrected chi connectivity index (χ0v) is 16.6. The summed E-state index contributed by atoms with van der Waals surface area (Å²) in [5.74, 6) is 0.766.